The molecule has 0 radical (unpaired) electrons. The van der Waals surface area contributed by atoms with Crippen LogP contribution in [0, 0.1) is 0 Å². The number of carbonyl (C=O) groups is 3. The van der Waals surface area contributed by atoms with Gasteiger partial charge in [0, 0.05) is 12.8 Å². The summed E-state index contributed by atoms with van der Waals surface area (Å²) in [4.78, 5) is 46.2. The standard InChI is InChI=1S/C53H98NO10P/c1-3-5-7-9-11-13-15-17-19-21-23-24-25-26-27-29-30-32-34-36-38-40-42-44-51(55)61-46-49(47-62-65(59,60)63-48-50(54)53(57)58)64-52(56)45-43-41-39-37-35-33-31-28-22-20-18-16-14-12-10-8-6-4-2/h14,16,20-23,49-50H,3-13,15,17-19,24-48,54H2,1-2H3,(H,57,58)(H,59,60)/b16-14-,22-20-,23-21-. The molecular weight excluding hydrogens is 842 g/mol. The van der Waals surface area contributed by atoms with Crippen molar-refractivity contribution in [3.8, 4) is 0 Å². The summed E-state index contributed by atoms with van der Waals surface area (Å²) in [6, 6.07) is -1.52. The number of carboxylic acids is 1. The van der Waals surface area contributed by atoms with Crippen molar-refractivity contribution >= 4 is 25.7 Å². The number of unbranched alkanes of at least 4 members (excludes halogenated alkanes) is 30. The lowest BCUT2D eigenvalue weighted by Gasteiger charge is -2.20. The van der Waals surface area contributed by atoms with Crippen LogP contribution in [0.2, 0.25) is 0 Å². The third-order valence-corrected chi connectivity index (χ3v) is 12.6. The molecule has 12 heteroatoms. The Morgan fingerprint density at radius 3 is 1.23 bits per heavy atom. The Kier molecular flexibility index (Phi) is 46.5. The third-order valence-electron chi connectivity index (χ3n) is 11.6. The molecule has 4 N–H and O–H groups in total. The van der Waals surface area contributed by atoms with Gasteiger partial charge in [0.25, 0.3) is 0 Å². The second-order valence-corrected chi connectivity index (χ2v) is 19.5. The van der Waals surface area contributed by atoms with Crippen molar-refractivity contribution in [2.45, 2.75) is 264 Å². The first kappa shape index (κ1) is 62.7. The molecule has 11 nitrogen and oxygen atoms in total. The minimum Gasteiger partial charge on any atom is -0.480 e. The molecule has 0 rings (SSSR count). The number of hydrogen-bond donors (Lipinski definition) is 3. The summed E-state index contributed by atoms with van der Waals surface area (Å²) in [7, 11) is -4.72. The van der Waals surface area contributed by atoms with E-state index in [1.165, 1.54) is 154 Å². The molecule has 0 aliphatic heterocycles. The molecule has 380 valence electrons. The predicted octanol–water partition coefficient (Wildman–Crippen LogP) is 15.1. The van der Waals surface area contributed by atoms with E-state index in [-0.39, 0.29) is 19.4 Å². The van der Waals surface area contributed by atoms with Gasteiger partial charge in [-0.3, -0.25) is 23.4 Å². The average Bonchev–Trinajstić information content (AvgIpc) is 3.28. The van der Waals surface area contributed by atoms with Crippen LogP contribution in [0.15, 0.2) is 36.5 Å². The van der Waals surface area contributed by atoms with Gasteiger partial charge in [0.1, 0.15) is 12.6 Å². The smallest absolute Gasteiger partial charge is 0.472 e. The van der Waals surface area contributed by atoms with E-state index < -0.39 is 51.1 Å². The van der Waals surface area contributed by atoms with Crippen molar-refractivity contribution in [2.75, 3.05) is 19.8 Å². The highest BCUT2D eigenvalue weighted by Gasteiger charge is 2.28. The van der Waals surface area contributed by atoms with Crippen LogP contribution < -0.4 is 5.73 Å². The fraction of sp³-hybridized carbons (Fsp3) is 0.830. The van der Waals surface area contributed by atoms with Crippen LogP contribution in [0.4, 0.5) is 0 Å². The number of nitrogens with two attached hydrogens (primary N) is 1. The number of hydrogen-bond acceptors (Lipinski definition) is 9. The number of allylic oxidation sites excluding steroid dienone is 6. The number of rotatable bonds is 50. The number of carboxylic acid groups (broad SMARTS) is 1. The van der Waals surface area contributed by atoms with Gasteiger partial charge in [-0.15, -0.1) is 0 Å². The molecule has 0 fully saturated rings. The molecule has 0 bridgehead atoms. The summed E-state index contributed by atoms with van der Waals surface area (Å²) >= 11 is 0. The molecule has 3 atom stereocenters. The Labute approximate surface area is 397 Å². The number of aliphatic carboxylic acids is 1. The van der Waals surface area contributed by atoms with Gasteiger partial charge in [0.2, 0.25) is 0 Å². The fourth-order valence-corrected chi connectivity index (χ4v) is 8.22. The van der Waals surface area contributed by atoms with Crippen LogP contribution >= 0.6 is 7.82 Å². The Morgan fingerprint density at radius 1 is 0.477 bits per heavy atom. The van der Waals surface area contributed by atoms with E-state index in [4.69, 9.17) is 24.8 Å². The van der Waals surface area contributed by atoms with Crippen molar-refractivity contribution < 1.29 is 47.5 Å². The van der Waals surface area contributed by atoms with Crippen LogP contribution in [0.3, 0.4) is 0 Å². The highest BCUT2D eigenvalue weighted by molar-refractivity contribution is 7.47. The number of esters is 2. The van der Waals surface area contributed by atoms with Crippen molar-refractivity contribution in [1.29, 1.82) is 0 Å². The predicted molar refractivity (Wildman–Crippen MR) is 268 cm³/mol. The number of ether oxygens (including phenoxy) is 2. The largest absolute Gasteiger partial charge is 0.480 e. The van der Waals surface area contributed by atoms with Gasteiger partial charge in [0.15, 0.2) is 6.10 Å². The molecule has 0 saturated carbocycles. The molecule has 0 aliphatic rings. The van der Waals surface area contributed by atoms with E-state index in [1.807, 2.05) is 0 Å². The Morgan fingerprint density at radius 2 is 0.815 bits per heavy atom. The zero-order chi connectivity index (χ0) is 47.7. The Hall–Kier alpha value is -2.30. The summed E-state index contributed by atoms with van der Waals surface area (Å²) in [6.45, 7) is 2.82. The first-order chi connectivity index (χ1) is 31.6. The van der Waals surface area contributed by atoms with Gasteiger partial charge in [-0.05, 0) is 70.6 Å². The summed E-state index contributed by atoms with van der Waals surface area (Å²) in [5.74, 6) is -2.38. The highest BCUT2D eigenvalue weighted by Crippen LogP contribution is 2.43. The maximum Gasteiger partial charge on any atom is 0.472 e. The second-order valence-electron chi connectivity index (χ2n) is 18.0. The molecule has 0 spiro atoms. The fourth-order valence-electron chi connectivity index (χ4n) is 7.44. The van der Waals surface area contributed by atoms with Crippen molar-refractivity contribution in [1.82, 2.24) is 0 Å². The number of carbonyl (C=O) groups excluding carboxylic acids is 2. The van der Waals surface area contributed by atoms with Crippen LogP contribution in [0.25, 0.3) is 0 Å². The lowest BCUT2D eigenvalue weighted by molar-refractivity contribution is -0.161. The average molecular weight is 940 g/mol. The molecule has 65 heavy (non-hydrogen) atoms. The molecule has 3 unspecified atom stereocenters. The quantitative estimate of drug-likeness (QED) is 0.0229. The maximum atomic E-state index is 12.7. The van der Waals surface area contributed by atoms with Crippen molar-refractivity contribution in [3.63, 3.8) is 0 Å². The molecule has 0 aromatic rings. The normalized spacial score (nSPS) is 13.8. The molecule has 0 amide bonds. The minimum atomic E-state index is -4.72. The van der Waals surface area contributed by atoms with Gasteiger partial charge in [0.05, 0.1) is 13.2 Å². The van der Waals surface area contributed by atoms with Gasteiger partial charge in [-0.25, -0.2) is 4.57 Å². The van der Waals surface area contributed by atoms with E-state index in [2.05, 4.69) is 54.8 Å². The minimum absolute atomic E-state index is 0.153. The Bertz CT molecular complexity index is 1240. The number of phosphoric ester groups is 1. The molecule has 0 aliphatic carbocycles. The highest BCUT2D eigenvalue weighted by atomic mass is 31.2. The van der Waals surface area contributed by atoms with Gasteiger partial charge < -0.3 is 25.2 Å². The third kappa shape index (κ3) is 48.0. The first-order valence-electron chi connectivity index (χ1n) is 26.5. The van der Waals surface area contributed by atoms with Crippen LogP contribution in [0.5, 0.6) is 0 Å². The lowest BCUT2D eigenvalue weighted by Crippen LogP contribution is -2.34. The SMILES string of the molecule is CCCCCC/C=C\C/C=C\CCCCCCCCCC(=O)OC(COC(=O)CCCCCCCCCCCCC/C=C\CCCCCCCCCC)COP(=O)(O)OCC(N)C(=O)O. The molecular formula is C53H98NO10P. The molecule has 0 aromatic carbocycles. The summed E-state index contributed by atoms with van der Waals surface area (Å²) in [5, 5.41) is 8.93. The first-order valence-corrected chi connectivity index (χ1v) is 28.0. The van der Waals surface area contributed by atoms with Crippen LogP contribution in [-0.2, 0) is 37.5 Å². The summed E-state index contributed by atoms with van der Waals surface area (Å²) in [5.41, 5.74) is 5.35. The Balaban J connectivity index is 4.21. The molecule has 0 saturated heterocycles. The topological polar surface area (TPSA) is 172 Å². The monoisotopic (exact) mass is 940 g/mol. The zero-order valence-electron chi connectivity index (χ0n) is 41.6. The molecule has 0 heterocycles. The molecule has 0 aromatic heterocycles. The maximum absolute atomic E-state index is 12.7. The van der Waals surface area contributed by atoms with Crippen molar-refractivity contribution in [2.24, 2.45) is 5.73 Å². The van der Waals surface area contributed by atoms with Crippen LogP contribution in [-0.4, -0.2) is 59.9 Å². The summed E-state index contributed by atoms with van der Waals surface area (Å²) in [6.07, 6.45) is 54.9. The van der Waals surface area contributed by atoms with E-state index in [0.717, 1.165) is 57.8 Å². The van der Waals surface area contributed by atoms with E-state index in [0.29, 0.717) is 12.8 Å². The second kappa shape index (κ2) is 48.2. The number of phosphoric acid groups is 1. The van der Waals surface area contributed by atoms with Crippen LogP contribution in [0.1, 0.15) is 251 Å². The lowest BCUT2D eigenvalue weighted by atomic mass is 10.0. The van der Waals surface area contributed by atoms with E-state index in [1.54, 1.807) is 0 Å². The summed E-state index contributed by atoms with van der Waals surface area (Å²) < 4.78 is 32.9. The van der Waals surface area contributed by atoms with Crippen molar-refractivity contribution in [3.05, 3.63) is 36.5 Å². The van der Waals surface area contributed by atoms with Gasteiger partial charge in [-0.1, -0.05) is 204 Å². The van der Waals surface area contributed by atoms with Gasteiger partial charge >= 0.3 is 25.7 Å². The zero-order valence-corrected chi connectivity index (χ0v) is 42.5. The van der Waals surface area contributed by atoms with E-state index in [9.17, 15) is 23.8 Å². The van der Waals surface area contributed by atoms with Gasteiger partial charge in [-0.2, -0.15) is 0 Å². The van der Waals surface area contributed by atoms with E-state index >= 15 is 0 Å².